The molecule has 0 saturated carbocycles. The van der Waals surface area contributed by atoms with Crippen LogP contribution in [-0.2, 0) is 6.42 Å². The van der Waals surface area contributed by atoms with Gasteiger partial charge in [0.05, 0.1) is 5.02 Å². The summed E-state index contributed by atoms with van der Waals surface area (Å²) in [6, 6.07) is 5.69. The molecule has 2 aromatic heterocycles. The second kappa shape index (κ2) is 5.05. The summed E-state index contributed by atoms with van der Waals surface area (Å²) in [6.07, 6.45) is 5.97. The van der Waals surface area contributed by atoms with Crippen molar-refractivity contribution in [2.75, 3.05) is 6.54 Å². The van der Waals surface area contributed by atoms with Gasteiger partial charge in [0.1, 0.15) is 0 Å². The van der Waals surface area contributed by atoms with Crippen LogP contribution in [0.2, 0.25) is 5.02 Å². The van der Waals surface area contributed by atoms with Crippen LogP contribution in [0.4, 0.5) is 0 Å². The molecule has 0 radical (unpaired) electrons. The Kier molecular flexibility index (Phi) is 3.49. The van der Waals surface area contributed by atoms with Gasteiger partial charge in [-0.2, -0.15) is 0 Å². The molecule has 82 valence electrons. The second-order valence-electron chi connectivity index (χ2n) is 3.43. The predicted octanol–water partition coefficient (Wildman–Crippen LogP) is 2.30. The van der Waals surface area contributed by atoms with Crippen molar-refractivity contribution in [3.05, 3.63) is 47.5 Å². The molecule has 0 aliphatic carbocycles. The molecule has 0 atom stereocenters. The van der Waals surface area contributed by atoms with Gasteiger partial charge in [-0.3, -0.25) is 9.97 Å². The lowest BCUT2D eigenvalue weighted by Crippen LogP contribution is -2.04. The zero-order valence-electron chi connectivity index (χ0n) is 8.73. The third kappa shape index (κ3) is 2.38. The van der Waals surface area contributed by atoms with E-state index in [4.69, 9.17) is 17.3 Å². The van der Waals surface area contributed by atoms with Gasteiger partial charge in [-0.1, -0.05) is 11.6 Å². The van der Waals surface area contributed by atoms with Crippen LogP contribution in [-0.4, -0.2) is 16.5 Å². The molecule has 0 aliphatic heterocycles. The summed E-state index contributed by atoms with van der Waals surface area (Å²) >= 11 is 6.10. The maximum Gasteiger partial charge on any atom is 0.0515 e. The third-order valence-electron chi connectivity index (χ3n) is 2.30. The molecule has 0 bridgehead atoms. The van der Waals surface area contributed by atoms with E-state index in [0.717, 1.165) is 23.2 Å². The van der Waals surface area contributed by atoms with Crippen LogP contribution in [0.15, 0.2) is 36.8 Å². The predicted molar refractivity (Wildman–Crippen MR) is 65.2 cm³/mol. The minimum atomic E-state index is 0.594. The minimum Gasteiger partial charge on any atom is -0.330 e. The summed E-state index contributed by atoms with van der Waals surface area (Å²) in [5.74, 6) is 0. The summed E-state index contributed by atoms with van der Waals surface area (Å²) in [6.45, 7) is 0.594. The summed E-state index contributed by atoms with van der Waals surface area (Å²) in [7, 11) is 0. The Labute approximate surface area is 99.3 Å². The van der Waals surface area contributed by atoms with Gasteiger partial charge in [-0.15, -0.1) is 0 Å². The number of nitrogens with two attached hydrogens (primary N) is 1. The van der Waals surface area contributed by atoms with Crippen molar-refractivity contribution in [1.29, 1.82) is 0 Å². The molecule has 0 spiro atoms. The fourth-order valence-corrected chi connectivity index (χ4v) is 1.73. The highest BCUT2D eigenvalue weighted by molar-refractivity contribution is 6.33. The van der Waals surface area contributed by atoms with E-state index in [1.807, 2.05) is 12.1 Å². The lowest BCUT2D eigenvalue weighted by Gasteiger charge is -2.05. The van der Waals surface area contributed by atoms with Gasteiger partial charge in [0, 0.05) is 36.3 Å². The van der Waals surface area contributed by atoms with E-state index in [1.54, 1.807) is 24.7 Å². The van der Waals surface area contributed by atoms with Crippen molar-refractivity contribution in [3.8, 4) is 11.1 Å². The zero-order chi connectivity index (χ0) is 11.4. The number of hydrogen-bond donors (Lipinski definition) is 1. The van der Waals surface area contributed by atoms with Gasteiger partial charge in [0.15, 0.2) is 0 Å². The van der Waals surface area contributed by atoms with Crippen molar-refractivity contribution in [2.45, 2.75) is 6.42 Å². The topological polar surface area (TPSA) is 51.8 Å². The van der Waals surface area contributed by atoms with Gasteiger partial charge < -0.3 is 5.73 Å². The number of pyridine rings is 2. The van der Waals surface area contributed by atoms with E-state index in [-0.39, 0.29) is 0 Å². The monoisotopic (exact) mass is 233 g/mol. The molecule has 3 nitrogen and oxygen atoms in total. The molecule has 0 unspecified atom stereocenters. The Morgan fingerprint density at radius 3 is 2.88 bits per heavy atom. The first kappa shape index (κ1) is 11.0. The Hall–Kier alpha value is -1.45. The molecular formula is C12H12ClN3. The van der Waals surface area contributed by atoms with E-state index in [1.165, 1.54) is 0 Å². The van der Waals surface area contributed by atoms with E-state index >= 15 is 0 Å². The third-order valence-corrected chi connectivity index (χ3v) is 2.63. The number of aromatic nitrogens is 2. The van der Waals surface area contributed by atoms with E-state index < -0.39 is 0 Å². The molecule has 4 heteroatoms. The average Bonchev–Trinajstić information content (AvgIpc) is 2.30. The highest BCUT2D eigenvalue weighted by Crippen LogP contribution is 2.26. The Balaban J connectivity index is 2.40. The minimum absolute atomic E-state index is 0.594. The molecule has 0 fully saturated rings. The molecule has 2 rings (SSSR count). The summed E-state index contributed by atoms with van der Waals surface area (Å²) in [4.78, 5) is 8.31. The SMILES string of the molecule is NCCc1cc(-c2cnccc2Cl)ccn1. The van der Waals surface area contributed by atoms with Gasteiger partial charge in [-0.05, 0) is 30.3 Å². The normalized spacial score (nSPS) is 10.4. The number of rotatable bonds is 3. The maximum absolute atomic E-state index is 6.10. The van der Waals surface area contributed by atoms with Crippen LogP contribution >= 0.6 is 11.6 Å². The molecule has 2 N–H and O–H groups in total. The van der Waals surface area contributed by atoms with Crippen molar-refractivity contribution in [2.24, 2.45) is 5.73 Å². The van der Waals surface area contributed by atoms with Crippen LogP contribution in [0.25, 0.3) is 11.1 Å². The van der Waals surface area contributed by atoms with Gasteiger partial charge in [0.2, 0.25) is 0 Å². The van der Waals surface area contributed by atoms with E-state index in [2.05, 4.69) is 9.97 Å². The highest BCUT2D eigenvalue weighted by atomic mass is 35.5. The number of halogens is 1. The molecule has 0 amide bonds. The maximum atomic E-state index is 6.10. The Morgan fingerprint density at radius 2 is 2.12 bits per heavy atom. The first-order valence-electron chi connectivity index (χ1n) is 5.06. The number of hydrogen-bond acceptors (Lipinski definition) is 3. The van der Waals surface area contributed by atoms with Crippen molar-refractivity contribution in [3.63, 3.8) is 0 Å². The Bertz CT molecular complexity index is 485. The smallest absolute Gasteiger partial charge is 0.0515 e. The molecule has 0 aliphatic rings. The van der Waals surface area contributed by atoms with Crippen LogP contribution < -0.4 is 5.73 Å². The van der Waals surface area contributed by atoms with Crippen LogP contribution in [0, 0.1) is 0 Å². The van der Waals surface area contributed by atoms with Gasteiger partial charge in [-0.25, -0.2) is 0 Å². The van der Waals surface area contributed by atoms with Gasteiger partial charge >= 0.3 is 0 Å². The van der Waals surface area contributed by atoms with Gasteiger partial charge in [0.25, 0.3) is 0 Å². The molecule has 2 aromatic rings. The summed E-state index contributed by atoms with van der Waals surface area (Å²) in [5.41, 5.74) is 8.42. The Morgan fingerprint density at radius 1 is 1.25 bits per heavy atom. The molecular weight excluding hydrogens is 222 g/mol. The molecule has 0 aromatic carbocycles. The first-order chi connectivity index (χ1) is 7.81. The quantitative estimate of drug-likeness (QED) is 0.885. The summed E-state index contributed by atoms with van der Waals surface area (Å²) < 4.78 is 0. The fourth-order valence-electron chi connectivity index (χ4n) is 1.52. The lowest BCUT2D eigenvalue weighted by molar-refractivity contribution is 0.924. The highest BCUT2D eigenvalue weighted by Gasteiger charge is 2.04. The largest absolute Gasteiger partial charge is 0.330 e. The van der Waals surface area contributed by atoms with Crippen molar-refractivity contribution in [1.82, 2.24) is 9.97 Å². The van der Waals surface area contributed by atoms with Crippen LogP contribution in [0.3, 0.4) is 0 Å². The van der Waals surface area contributed by atoms with Crippen LogP contribution in [0.1, 0.15) is 5.69 Å². The second-order valence-corrected chi connectivity index (χ2v) is 3.84. The van der Waals surface area contributed by atoms with E-state index in [0.29, 0.717) is 11.6 Å². The molecule has 2 heterocycles. The molecule has 16 heavy (non-hydrogen) atoms. The first-order valence-corrected chi connectivity index (χ1v) is 5.44. The zero-order valence-corrected chi connectivity index (χ0v) is 9.48. The number of nitrogens with zero attached hydrogens (tertiary/aromatic N) is 2. The standard InChI is InChI=1S/C12H12ClN3/c13-12-3-5-15-8-11(12)9-2-6-16-10(7-9)1-4-14/h2-3,5-8H,1,4,14H2. The van der Waals surface area contributed by atoms with Crippen LogP contribution in [0.5, 0.6) is 0 Å². The fraction of sp³-hybridized carbons (Fsp3) is 0.167. The van der Waals surface area contributed by atoms with Crippen molar-refractivity contribution < 1.29 is 0 Å². The average molecular weight is 234 g/mol. The molecule has 0 saturated heterocycles. The summed E-state index contributed by atoms with van der Waals surface area (Å²) in [5, 5.41) is 0.694. The lowest BCUT2D eigenvalue weighted by atomic mass is 10.1. The van der Waals surface area contributed by atoms with E-state index in [9.17, 15) is 0 Å². The van der Waals surface area contributed by atoms with Crippen molar-refractivity contribution >= 4 is 11.6 Å².